The van der Waals surface area contributed by atoms with Crippen molar-refractivity contribution in [3.05, 3.63) is 157 Å². The number of hydrogen-bond acceptors (Lipinski definition) is 19. The number of ether oxygens (including phenoxy) is 8. The van der Waals surface area contributed by atoms with Crippen LogP contribution in [0.15, 0.2) is 146 Å². The molecule has 8 aromatic carbocycles. The van der Waals surface area contributed by atoms with Gasteiger partial charge in [0.15, 0.2) is 6.61 Å². The van der Waals surface area contributed by atoms with Crippen LogP contribution in [0, 0.1) is 21.7 Å². The van der Waals surface area contributed by atoms with Gasteiger partial charge in [0, 0.05) is 16.2 Å². The molecule has 0 unspecified atom stereocenters. The Kier molecular flexibility index (Phi) is 27.0. The lowest BCUT2D eigenvalue weighted by atomic mass is 9.91. The van der Waals surface area contributed by atoms with Gasteiger partial charge in [0.2, 0.25) is 0 Å². The summed E-state index contributed by atoms with van der Waals surface area (Å²) in [4.78, 5) is 83.3. The summed E-state index contributed by atoms with van der Waals surface area (Å²) in [6.07, 6.45) is 2.71. The summed E-state index contributed by atoms with van der Waals surface area (Å²) in [7, 11) is 0. The van der Waals surface area contributed by atoms with E-state index >= 15 is 0 Å². The zero-order chi connectivity index (χ0) is 68.7. The Morgan fingerprint density at radius 1 is 0.366 bits per heavy atom. The molecule has 19 heteroatoms. The van der Waals surface area contributed by atoms with Gasteiger partial charge in [-0.1, -0.05) is 100 Å². The van der Waals surface area contributed by atoms with Crippen molar-refractivity contribution in [1.82, 2.24) is 0 Å². The van der Waals surface area contributed by atoms with E-state index in [0.717, 1.165) is 38.7 Å². The molecule has 19 nitrogen and oxygen atoms in total. The van der Waals surface area contributed by atoms with Crippen molar-refractivity contribution in [1.29, 1.82) is 0 Å². The van der Waals surface area contributed by atoms with E-state index in [9.17, 15) is 54.0 Å². The predicted octanol–water partition coefficient (Wildman–Crippen LogP) is 14.7. The number of carbonyl (C=O) groups is 7. The first-order valence-corrected chi connectivity index (χ1v) is 30.7. The predicted molar refractivity (Wildman–Crippen MR) is 354 cm³/mol. The van der Waals surface area contributed by atoms with Crippen LogP contribution >= 0.6 is 0 Å². The smallest absolute Gasteiger partial charge is 0.349 e. The molecule has 0 fully saturated rings. The molecule has 0 spiro atoms. The molecule has 0 saturated heterocycles. The third-order valence-electron chi connectivity index (χ3n) is 15.8. The second kappa shape index (κ2) is 34.0. The fraction of sp³-hybridized carbons (Fsp3) is 0.365. The van der Waals surface area contributed by atoms with Crippen molar-refractivity contribution < 1.29 is 91.9 Å². The normalized spacial score (nSPS) is 11.3. The van der Waals surface area contributed by atoms with E-state index in [1.54, 1.807) is 135 Å². The molecular weight excluding hydrogens is 1190 g/mol. The van der Waals surface area contributed by atoms with E-state index in [0.29, 0.717) is 52.7 Å². The highest BCUT2D eigenvalue weighted by atomic mass is 16.6. The summed E-state index contributed by atoms with van der Waals surface area (Å²) >= 11 is 0. The average Bonchev–Trinajstić information content (AvgIpc) is 0.859. The Labute approximate surface area is 542 Å². The van der Waals surface area contributed by atoms with Crippen LogP contribution in [0.2, 0.25) is 0 Å². The fourth-order valence-electron chi connectivity index (χ4n) is 8.13. The molecule has 4 N–H and O–H groups in total. The molecule has 0 aliphatic rings. The number of aromatic hydroxyl groups is 4. The van der Waals surface area contributed by atoms with Gasteiger partial charge in [-0.2, -0.15) is 0 Å². The highest BCUT2D eigenvalue weighted by molar-refractivity contribution is 6.06. The van der Waals surface area contributed by atoms with Crippen molar-refractivity contribution in [3.63, 3.8) is 0 Å². The van der Waals surface area contributed by atoms with Crippen LogP contribution in [0.4, 0.5) is 0 Å². The third-order valence-corrected chi connectivity index (χ3v) is 15.8. The lowest BCUT2D eigenvalue weighted by molar-refractivity contribution is -0.161. The van der Waals surface area contributed by atoms with Crippen LogP contribution < -0.4 is 9.47 Å². The van der Waals surface area contributed by atoms with Gasteiger partial charge in [-0.3, -0.25) is 19.2 Å². The fourth-order valence-corrected chi connectivity index (χ4v) is 8.13. The van der Waals surface area contributed by atoms with E-state index in [1.165, 1.54) is 0 Å². The summed E-state index contributed by atoms with van der Waals surface area (Å²) in [6.45, 7) is 22.3. The van der Waals surface area contributed by atoms with E-state index in [2.05, 4.69) is 0 Å². The monoisotopic (exact) mass is 1280 g/mol. The largest absolute Gasteiger partial charge is 0.508 e. The van der Waals surface area contributed by atoms with Gasteiger partial charge in [0.05, 0.1) is 32.8 Å². The Bertz CT molecular complexity index is 3900. The number of rotatable bonds is 23. The maximum atomic E-state index is 12.2. The number of phenolic OH excluding ortho intramolecular Hbond substituents is 4. The second-order valence-corrected chi connectivity index (χ2v) is 24.3. The zero-order valence-electron chi connectivity index (χ0n) is 55.0. The van der Waals surface area contributed by atoms with E-state index < -0.39 is 52.1 Å². The summed E-state index contributed by atoms with van der Waals surface area (Å²) in [5.74, 6) is -1.17. The summed E-state index contributed by atoms with van der Waals surface area (Å²) in [5.41, 5.74) is -1.39. The zero-order valence-corrected chi connectivity index (χ0v) is 55.0. The molecule has 0 aliphatic carbocycles. The minimum absolute atomic E-state index is 0.0119. The first-order valence-electron chi connectivity index (χ1n) is 30.7. The number of esters is 7. The molecule has 93 heavy (non-hydrogen) atoms. The van der Waals surface area contributed by atoms with Crippen LogP contribution in [0.3, 0.4) is 0 Å². The number of fused-ring (bicyclic) bond motifs is 4. The Hall–Kier alpha value is -9.91. The molecule has 496 valence electrons. The molecule has 0 aromatic heterocycles. The van der Waals surface area contributed by atoms with Gasteiger partial charge in [0.1, 0.15) is 74.1 Å². The lowest BCUT2D eigenvalue weighted by Gasteiger charge is -2.20. The first kappa shape index (κ1) is 73.8. The summed E-state index contributed by atoms with van der Waals surface area (Å²) < 4.78 is 41.6. The molecule has 0 saturated carbocycles. The van der Waals surface area contributed by atoms with Gasteiger partial charge in [-0.05, 0) is 181 Å². The molecule has 0 aliphatic heterocycles. The number of hydrogen-bond donors (Lipinski definition) is 4. The van der Waals surface area contributed by atoms with Gasteiger partial charge >= 0.3 is 41.8 Å². The molecule has 0 heterocycles. The Morgan fingerprint density at radius 3 is 1.27 bits per heavy atom. The maximum Gasteiger partial charge on any atom is 0.349 e. The Balaban J connectivity index is 0.000000225. The van der Waals surface area contributed by atoms with Crippen molar-refractivity contribution in [3.8, 4) is 34.5 Å². The van der Waals surface area contributed by atoms with Crippen molar-refractivity contribution in [2.24, 2.45) is 21.7 Å². The summed E-state index contributed by atoms with van der Waals surface area (Å²) in [6, 6.07) is 40.8. The standard InChI is InChI=1S/2C19H22O5.C18H20O5.C18H22O4/c1-4-19(2,3)18(22)24-12-11-23-17(21)15-9-5-8-14-13(15)7-6-10-16(14)20;1-4-19(2,3)18(22)24-10-9-23-17(21)15-6-5-14-12-16(20)8-7-13(14)11-15;1-4-18(2,3)17(21)22-11-16(20)23-15-8-6-12-9-14(19)7-5-13(12)10-15;1-4-18(2,3)17(20)22-12-11-21-16-10-6-7-13-14(16)8-5-9-15(13)19/h5-10,20H,4,11-12H2,1-3H3;5-8,11-12,20H,4,9-10H2,1-3H3;5-10,19H,4,11H2,1-3H3;5-10,19H,4,11-12H2,1-3H3. The van der Waals surface area contributed by atoms with Crippen LogP contribution in [-0.2, 0) is 52.4 Å². The molecule has 0 bridgehead atoms. The highest BCUT2D eigenvalue weighted by Crippen LogP contribution is 2.33. The lowest BCUT2D eigenvalue weighted by Crippen LogP contribution is -2.29. The van der Waals surface area contributed by atoms with Crippen molar-refractivity contribution >= 4 is 84.9 Å². The minimum atomic E-state index is -0.636. The van der Waals surface area contributed by atoms with E-state index in [1.807, 2.05) is 93.5 Å². The van der Waals surface area contributed by atoms with Gasteiger partial charge in [-0.15, -0.1) is 0 Å². The number of phenols is 4. The van der Waals surface area contributed by atoms with Crippen molar-refractivity contribution in [2.45, 2.75) is 109 Å². The van der Waals surface area contributed by atoms with Crippen LogP contribution in [0.1, 0.15) is 129 Å². The van der Waals surface area contributed by atoms with Gasteiger partial charge in [-0.25, -0.2) is 14.4 Å². The van der Waals surface area contributed by atoms with E-state index in [4.69, 9.17) is 37.9 Å². The maximum absolute atomic E-state index is 12.2. The Morgan fingerprint density at radius 2 is 0.753 bits per heavy atom. The van der Waals surface area contributed by atoms with E-state index in [-0.39, 0.29) is 80.5 Å². The van der Waals surface area contributed by atoms with Crippen LogP contribution in [0.5, 0.6) is 34.5 Å². The minimum Gasteiger partial charge on any atom is -0.508 e. The van der Waals surface area contributed by atoms with Gasteiger partial charge < -0.3 is 58.3 Å². The molecule has 0 amide bonds. The molecule has 0 atom stereocenters. The highest BCUT2D eigenvalue weighted by Gasteiger charge is 2.30. The summed E-state index contributed by atoms with van der Waals surface area (Å²) in [5, 5.41) is 44.6. The van der Waals surface area contributed by atoms with Gasteiger partial charge in [0.25, 0.3) is 0 Å². The number of carbonyl (C=O) groups excluding carboxylic acids is 7. The topological polar surface area (TPSA) is 274 Å². The molecule has 0 radical (unpaired) electrons. The SMILES string of the molecule is CCC(C)(C)C(=O)OCC(=O)Oc1ccc2cc(O)ccc2c1.CCC(C)(C)C(=O)OCCOC(=O)c1ccc2cc(O)ccc2c1.CCC(C)(C)C(=O)OCCOC(=O)c1cccc2c(O)cccc12.CCC(C)(C)C(=O)OCCOc1cccc2c(O)cccc12. The molecule has 8 aromatic rings. The molecule has 8 rings (SSSR count). The quantitative estimate of drug-likeness (QED) is 0.0200. The average molecular weight is 1280 g/mol. The first-order chi connectivity index (χ1) is 44.0. The van der Waals surface area contributed by atoms with Crippen LogP contribution in [-0.4, -0.2) is 108 Å². The third kappa shape index (κ3) is 21.6. The van der Waals surface area contributed by atoms with Crippen molar-refractivity contribution in [2.75, 3.05) is 46.2 Å². The molecular formula is C74H86O19. The van der Waals surface area contributed by atoms with Crippen LogP contribution in [0.25, 0.3) is 43.1 Å². The number of benzene rings is 8. The second-order valence-electron chi connectivity index (χ2n) is 24.3.